The zero-order chi connectivity index (χ0) is 17.9. The van der Waals surface area contributed by atoms with E-state index in [1.165, 1.54) is 21.8 Å². The van der Waals surface area contributed by atoms with Crippen LogP contribution in [0.25, 0.3) is 0 Å². The number of thioether (sulfide) groups is 1. The molecule has 26 heavy (non-hydrogen) atoms. The van der Waals surface area contributed by atoms with Crippen molar-refractivity contribution in [2.45, 2.75) is 10.6 Å². The summed E-state index contributed by atoms with van der Waals surface area (Å²) in [5.41, 5.74) is 3.85. The molecule has 2 aliphatic heterocycles. The van der Waals surface area contributed by atoms with E-state index in [4.69, 9.17) is 0 Å². The van der Waals surface area contributed by atoms with Crippen LogP contribution in [0.5, 0.6) is 0 Å². The summed E-state index contributed by atoms with van der Waals surface area (Å²) in [6.45, 7) is 1.82. The van der Waals surface area contributed by atoms with Gasteiger partial charge in [-0.05, 0) is 35.9 Å². The molecular formula is C21H24N4S. The van der Waals surface area contributed by atoms with E-state index in [9.17, 15) is 0 Å². The fourth-order valence-electron chi connectivity index (χ4n) is 3.14. The van der Waals surface area contributed by atoms with Crippen LogP contribution in [0.3, 0.4) is 0 Å². The second kappa shape index (κ2) is 7.38. The van der Waals surface area contributed by atoms with Gasteiger partial charge in [0.2, 0.25) is 0 Å². The van der Waals surface area contributed by atoms with Gasteiger partial charge in [0.25, 0.3) is 0 Å². The van der Waals surface area contributed by atoms with E-state index in [1.54, 1.807) is 0 Å². The molecule has 0 atom stereocenters. The molecule has 0 radical (unpaired) electrons. The van der Waals surface area contributed by atoms with Crippen LogP contribution in [0.15, 0.2) is 78.2 Å². The summed E-state index contributed by atoms with van der Waals surface area (Å²) in [6.07, 6.45) is 8.48. The van der Waals surface area contributed by atoms with Crippen molar-refractivity contribution in [1.82, 2.24) is 9.80 Å². The molecule has 0 unspecified atom stereocenters. The van der Waals surface area contributed by atoms with E-state index >= 15 is 0 Å². The van der Waals surface area contributed by atoms with Gasteiger partial charge in [-0.1, -0.05) is 18.2 Å². The lowest BCUT2D eigenvalue weighted by molar-refractivity contribution is 0.495. The largest absolute Gasteiger partial charge is 0.361 e. The highest BCUT2D eigenvalue weighted by atomic mass is 32.2. The molecule has 0 aromatic heterocycles. The maximum Gasteiger partial charge on any atom is 0.0938 e. The van der Waals surface area contributed by atoms with E-state index in [0.29, 0.717) is 0 Å². The Morgan fingerprint density at radius 2 is 1.38 bits per heavy atom. The zero-order valence-corrected chi connectivity index (χ0v) is 16.1. The normalized spacial score (nSPS) is 16.2. The van der Waals surface area contributed by atoms with Gasteiger partial charge >= 0.3 is 0 Å². The summed E-state index contributed by atoms with van der Waals surface area (Å²) >= 11 is 1.89. The van der Waals surface area contributed by atoms with Crippen molar-refractivity contribution in [2.24, 2.45) is 0 Å². The van der Waals surface area contributed by atoms with Crippen LogP contribution in [0, 0.1) is 0 Å². The monoisotopic (exact) mass is 364 g/mol. The summed E-state index contributed by atoms with van der Waals surface area (Å²) in [4.78, 5) is 10.2. The maximum atomic E-state index is 2.29. The van der Waals surface area contributed by atoms with E-state index in [2.05, 4.69) is 107 Å². The summed E-state index contributed by atoms with van der Waals surface area (Å²) < 4.78 is 0. The van der Waals surface area contributed by atoms with Crippen LogP contribution < -0.4 is 9.80 Å². The third kappa shape index (κ3) is 3.83. The van der Waals surface area contributed by atoms with Crippen molar-refractivity contribution in [3.63, 3.8) is 0 Å². The van der Waals surface area contributed by atoms with Gasteiger partial charge in [-0.2, -0.15) is 0 Å². The first kappa shape index (κ1) is 16.9. The number of anilines is 2. The average molecular weight is 365 g/mol. The van der Waals surface area contributed by atoms with E-state index in [0.717, 1.165) is 19.1 Å². The SMILES string of the molecule is CN1C=CN(c2cccc(CSc3cccc(N4C=CN(C)C4)c3)c2)C1. The molecule has 0 amide bonds. The Balaban J connectivity index is 1.41. The minimum atomic E-state index is 0.911. The van der Waals surface area contributed by atoms with Crippen LogP contribution in [0.1, 0.15) is 5.56 Å². The fraction of sp³-hybridized carbons (Fsp3) is 0.238. The maximum absolute atomic E-state index is 2.29. The number of hydrogen-bond acceptors (Lipinski definition) is 5. The molecule has 0 fully saturated rings. The second-order valence-electron chi connectivity index (χ2n) is 6.79. The number of benzene rings is 2. The van der Waals surface area contributed by atoms with Crippen molar-refractivity contribution in [3.8, 4) is 0 Å². The number of rotatable bonds is 5. The van der Waals surface area contributed by atoms with Gasteiger partial charge in [0, 0.05) is 60.9 Å². The summed E-state index contributed by atoms with van der Waals surface area (Å²) in [5, 5.41) is 0. The molecule has 0 aliphatic carbocycles. The highest BCUT2D eigenvalue weighted by molar-refractivity contribution is 7.98. The fourth-order valence-corrected chi connectivity index (χ4v) is 4.03. The Kier molecular flexibility index (Phi) is 4.80. The molecule has 2 aromatic rings. The lowest BCUT2D eigenvalue weighted by atomic mass is 10.2. The van der Waals surface area contributed by atoms with E-state index in [-0.39, 0.29) is 0 Å². The smallest absolute Gasteiger partial charge is 0.0938 e. The topological polar surface area (TPSA) is 13.0 Å². The Morgan fingerprint density at radius 1 is 0.769 bits per heavy atom. The van der Waals surface area contributed by atoms with Gasteiger partial charge in [0.05, 0.1) is 13.3 Å². The summed E-state index contributed by atoms with van der Waals surface area (Å²) in [7, 11) is 4.19. The highest BCUT2D eigenvalue weighted by Gasteiger charge is 2.12. The average Bonchev–Trinajstić information content (AvgIpc) is 3.29. The van der Waals surface area contributed by atoms with Crippen LogP contribution in [0.2, 0.25) is 0 Å². The standard InChI is InChI=1S/C21H24N4S/c1-22-9-11-24(16-22)19-6-3-5-18(13-19)15-26-21-8-4-7-20(14-21)25-12-10-23(2)17-25/h3-14H,15-17H2,1-2H3. The van der Waals surface area contributed by atoms with Crippen molar-refractivity contribution < 1.29 is 0 Å². The molecule has 2 aromatic carbocycles. The summed E-state index contributed by atoms with van der Waals surface area (Å²) in [5.74, 6) is 0.973. The molecule has 5 heteroatoms. The molecular weight excluding hydrogens is 340 g/mol. The van der Waals surface area contributed by atoms with Crippen molar-refractivity contribution in [2.75, 3.05) is 37.2 Å². The van der Waals surface area contributed by atoms with Crippen LogP contribution in [0.4, 0.5) is 11.4 Å². The highest BCUT2D eigenvalue weighted by Crippen LogP contribution is 2.29. The Bertz CT molecular complexity index is 763. The third-order valence-electron chi connectivity index (χ3n) is 4.55. The first-order valence-electron chi connectivity index (χ1n) is 8.80. The molecule has 0 spiro atoms. The van der Waals surface area contributed by atoms with Gasteiger partial charge in [0.1, 0.15) is 0 Å². The van der Waals surface area contributed by atoms with Crippen LogP contribution in [-0.2, 0) is 5.75 Å². The summed E-state index contributed by atoms with van der Waals surface area (Å²) in [6, 6.07) is 17.6. The number of nitrogens with zero attached hydrogens (tertiary/aromatic N) is 4. The number of hydrogen-bond donors (Lipinski definition) is 0. The van der Waals surface area contributed by atoms with Gasteiger partial charge < -0.3 is 19.6 Å². The molecule has 4 rings (SSSR count). The first-order valence-corrected chi connectivity index (χ1v) is 9.78. The van der Waals surface area contributed by atoms with E-state index < -0.39 is 0 Å². The quantitative estimate of drug-likeness (QED) is 0.730. The molecule has 2 heterocycles. The van der Waals surface area contributed by atoms with Crippen molar-refractivity contribution in [1.29, 1.82) is 0 Å². The van der Waals surface area contributed by atoms with Gasteiger partial charge in [0.15, 0.2) is 0 Å². The third-order valence-corrected chi connectivity index (χ3v) is 5.61. The Hall–Kier alpha value is -2.53. The molecule has 2 aliphatic rings. The Labute approximate surface area is 160 Å². The molecule has 134 valence electrons. The van der Waals surface area contributed by atoms with Crippen LogP contribution >= 0.6 is 11.8 Å². The molecule has 0 bridgehead atoms. The van der Waals surface area contributed by atoms with Gasteiger partial charge in [-0.25, -0.2) is 0 Å². The molecule has 4 nitrogen and oxygen atoms in total. The lowest BCUT2D eigenvalue weighted by Crippen LogP contribution is -2.21. The van der Waals surface area contributed by atoms with E-state index in [1.807, 2.05) is 11.8 Å². The first-order chi connectivity index (χ1) is 12.7. The van der Waals surface area contributed by atoms with Crippen LogP contribution in [-0.4, -0.2) is 37.2 Å². The minimum absolute atomic E-state index is 0.911. The van der Waals surface area contributed by atoms with Crippen molar-refractivity contribution >= 4 is 23.1 Å². The van der Waals surface area contributed by atoms with Gasteiger partial charge in [-0.15, -0.1) is 11.8 Å². The predicted molar refractivity (Wildman–Crippen MR) is 111 cm³/mol. The predicted octanol–water partition coefficient (Wildman–Crippen LogP) is 4.34. The molecule has 0 N–H and O–H groups in total. The zero-order valence-electron chi connectivity index (χ0n) is 15.2. The van der Waals surface area contributed by atoms with Crippen molar-refractivity contribution in [3.05, 3.63) is 78.9 Å². The molecule has 0 saturated carbocycles. The van der Waals surface area contributed by atoms with Gasteiger partial charge in [-0.3, -0.25) is 0 Å². The lowest BCUT2D eigenvalue weighted by Gasteiger charge is -2.19. The minimum Gasteiger partial charge on any atom is -0.361 e. The Morgan fingerprint density at radius 3 is 2.00 bits per heavy atom. The second-order valence-corrected chi connectivity index (χ2v) is 7.84. The molecule has 0 saturated heterocycles.